The van der Waals surface area contributed by atoms with Crippen LogP contribution in [-0.2, 0) is 16.1 Å². The summed E-state index contributed by atoms with van der Waals surface area (Å²) in [5.74, 6) is -0.741. The zero-order valence-electron chi connectivity index (χ0n) is 19.7. The van der Waals surface area contributed by atoms with Crippen LogP contribution in [0, 0.1) is 0 Å². The van der Waals surface area contributed by atoms with Crippen molar-refractivity contribution in [3.8, 4) is 0 Å². The van der Waals surface area contributed by atoms with Crippen molar-refractivity contribution in [2.45, 2.75) is 32.4 Å². The molecule has 2 amide bonds. The molecule has 0 aliphatic carbocycles. The van der Waals surface area contributed by atoms with Crippen LogP contribution in [0.1, 0.15) is 30.9 Å². The molecule has 0 saturated carbocycles. The van der Waals surface area contributed by atoms with Gasteiger partial charge >= 0.3 is 0 Å². The lowest BCUT2D eigenvalue weighted by molar-refractivity contribution is -0.122. The lowest BCUT2D eigenvalue weighted by Crippen LogP contribution is -2.22. The van der Waals surface area contributed by atoms with Gasteiger partial charge in [-0.15, -0.1) is 0 Å². The molecule has 3 heterocycles. The van der Waals surface area contributed by atoms with E-state index in [4.69, 9.17) is 5.73 Å². The van der Waals surface area contributed by atoms with Gasteiger partial charge in [0, 0.05) is 72.2 Å². The van der Waals surface area contributed by atoms with Gasteiger partial charge in [0.1, 0.15) is 0 Å². The summed E-state index contributed by atoms with van der Waals surface area (Å²) >= 11 is 0. The number of nitrogens with zero attached hydrogens (tertiary/aromatic N) is 2. The first kappa shape index (κ1) is 22.0. The highest BCUT2D eigenvalue weighted by Crippen LogP contribution is 2.39. The van der Waals surface area contributed by atoms with Gasteiger partial charge in [-0.05, 0) is 31.0 Å². The number of para-hydroxylation sites is 1. The number of amides is 2. The van der Waals surface area contributed by atoms with Crippen LogP contribution in [0.2, 0.25) is 0 Å². The molecule has 0 saturated heterocycles. The molecule has 0 fully saturated rings. The number of aryl methyl sites for hydroxylation is 1. The Morgan fingerprint density at radius 2 is 1.74 bits per heavy atom. The fourth-order valence-electron chi connectivity index (χ4n) is 4.70. The molecule has 0 radical (unpaired) electrons. The van der Waals surface area contributed by atoms with Crippen LogP contribution in [-0.4, -0.2) is 41.5 Å². The first-order valence-electron chi connectivity index (χ1n) is 11.6. The maximum atomic E-state index is 13.1. The summed E-state index contributed by atoms with van der Waals surface area (Å²) in [6.45, 7) is 2.81. The van der Waals surface area contributed by atoms with Gasteiger partial charge in [-0.2, -0.15) is 0 Å². The molecule has 174 valence electrons. The van der Waals surface area contributed by atoms with Gasteiger partial charge in [0.2, 0.25) is 0 Å². The maximum absolute atomic E-state index is 13.1. The topological polar surface area (TPSA) is 96.1 Å². The number of carbonyl (C=O) groups excluding carboxylic acids is 2. The molecule has 34 heavy (non-hydrogen) atoms. The monoisotopic (exact) mass is 455 g/mol. The minimum Gasteiger partial charge on any atom is -0.378 e. The molecule has 0 bridgehead atoms. The van der Waals surface area contributed by atoms with Crippen LogP contribution in [0.4, 0.5) is 5.69 Å². The summed E-state index contributed by atoms with van der Waals surface area (Å²) in [4.78, 5) is 31.4. The van der Waals surface area contributed by atoms with Crippen molar-refractivity contribution < 1.29 is 9.59 Å². The van der Waals surface area contributed by atoms with E-state index in [1.807, 2.05) is 62.9 Å². The number of nitrogens with two attached hydrogens (primary N) is 1. The number of fused-ring (bicyclic) bond motifs is 2. The quantitative estimate of drug-likeness (QED) is 0.369. The highest BCUT2D eigenvalue weighted by Gasteiger charge is 2.35. The second kappa shape index (κ2) is 8.50. The minimum absolute atomic E-state index is 0.107. The Kier molecular flexibility index (Phi) is 5.49. The van der Waals surface area contributed by atoms with E-state index in [1.165, 1.54) is 0 Å². The van der Waals surface area contributed by atoms with Gasteiger partial charge in [-0.3, -0.25) is 14.9 Å². The van der Waals surface area contributed by atoms with Gasteiger partial charge < -0.3 is 20.2 Å². The molecule has 1 aliphatic rings. The van der Waals surface area contributed by atoms with Crippen LogP contribution in [0.3, 0.4) is 0 Å². The number of nitrogens with one attached hydrogen (secondary N) is 2. The normalized spacial score (nSPS) is 14.9. The van der Waals surface area contributed by atoms with Crippen LogP contribution in [0.25, 0.3) is 33.0 Å². The molecule has 5 rings (SSSR count). The molecular weight excluding hydrogens is 426 g/mol. The van der Waals surface area contributed by atoms with Crippen molar-refractivity contribution in [3.63, 3.8) is 0 Å². The molecule has 2 aromatic heterocycles. The Morgan fingerprint density at radius 1 is 1.00 bits per heavy atom. The number of H-pyrrole nitrogens is 1. The van der Waals surface area contributed by atoms with Crippen molar-refractivity contribution in [2.75, 3.05) is 19.0 Å². The van der Waals surface area contributed by atoms with Crippen molar-refractivity contribution in [1.82, 2.24) is 14.9 Å². The highest BCUT2D eigenvalue weighted by atomic mass is 16.2. The fourth-order valence-corrected chi connectivity index (χ4v) is 4.70. The molecule has 4 N–H and O–H groups in total. The second-order valence-electron chi connectivity index (χ2n) is 9.07. The third-order valence-corrected chi connectivity index (χ3v) is 6.71. The summed E-state index contributed by atoms with van der Waals surface area (Å²) in [5, 5.41) is 4.38. The van der Waals surface area contributed by atoms with Crippen molar-refractivity contribution in [3.05, 3.63) is 66.0 Å². The van der Waals surface area contributed by atoms with E-state index >= 15 is 0 Å². The fraction of sp³-hybridized carbons (Fsp3) is 0.259. The van der Waals surface area contributed by atoms with E-state index in [-0.39, 0.29) is 17.9 Å². The number of rotatable bonds is 7. The third-order valence-electron chi connectivity index (χ3n) is 6.71. The zero-order valence-corrected chi connectivity index (χ0v) is 19.7. The van der Waals surface area contributed by atoms with Gasteiger partial charge in [0.05, 0.1) is 16.7 Å². The van der Waals surface area contributed by atoms with Crippen molar-refractivity contribution >= 4 is 50.5 Å². The Balaban J connectivity index is 1.74. The largest absolute Gasteiger partial charge is 0.378 e. The van der Waals surface area contributed by atoms with Gasteiger partial charge in [-0.1, -0.05) is 31.2 Å². The number of aromatic nitrogens is 2. The smallest absolute Gasteiger partial charge is 0.259 e. The lowest BCUT2D eigenvalue weighted by atomic mass is 9.95. The van der Waals surface area contributed by atoms with E-state index in [2.05, 4.69) is 32.8 Å². The first-order chi connectivity index (χ1) is 16.4. The average Bonchev–Trinajstić information content (AvgIpc) is 3.49. The molecule has 0 spiro atoms. The number of carbonyl (C=O) groups is 2. The SMILES string of the molecule is CCC(N)CCn1cc(C2=C(c3c[nH]c4ccccc34)C(=O)NC2=O)c2ccc(N(C)C)cc21. The van der Waals surface area contributed by atoms with Crippen LogP contribution in [0.15, 0.2) is 54.9 Å². The summed E-state index contributed by atoms with van der Waals surface area (Å²) in [6, 6.07) is 14.1. The molecule has 4 aromatic rings. The molecule has 1 aliphatic heterocycles. The summed E-state index contributed by atoms with van der Waals surface area (Å²) in [5.41, 5.74) is 11.5. The molecule has 7 heteroatoms. The van der Waals surface area contributed by atoms with Gasteiger partial charge in [0.15, 0.2) is 0 Å². The summed E-state index contributed by atoms with van der Waals surface area (Å²) in [7, 11) is 4.01. The zero-order chi connectivity index (χ0) is 24.0. The lowest BCUT2D eigenvalue weighted by Gasteiger charge is -2.14. The highest BCUT2D eigenvalue weighted by molar-refractivity contribution is 6.50. The standard InChI is InChI=1S/C27H29N5O2/c1-4-16(28)11-12-32-15-21(19-10-9-17(31(2)3)13-23(19)32)25-24(26(33)30-27(25)34)20-14-29-22-8-6-5-7-18(20)22/h5-10,13-16,29H,4,11-12,28H2,1-3H3,(H,30,33,34). The maximum Gasteiger partial charge on any atom is 0.259 e. The predicted molar refractivity (Wildman–Crippen MR) is 137 cm³/mol. The Hall–Kier alpha value is -3.84. The molecular formula is C27H29N5O2. The number of imide groups is 1. The summed E-state index contributed by atoms with van der Waals surface area (Å²) < 4.78 is 2.16. The number of aromatic amines is 1. The molecule has 7 nitrogen and oxygen atoms in total. The van der Waals surface area contributed by atoms with Crippen LogP contribution in [0.5, 0.6) is 0 Å². The van der Waals surface area contributed by atoms with Crippen molar-refractivity contribution in [2.24, 2.45) is 5.73 Å². The number of hydrogen-bond donors (Lipinski definition) is 3. The van der Waals surface area contributed by atoms with E-state index in [9.17, 15) is 9.59 Å². The van der Waals surface area contributed by atoms with Crippen LogP contribution < -0.4 is 16.0 Å². The van der Waals surface area contributed by atoms with Gasteiger partial charge in [-0.25, -0.2) is 0 Å². The van der Waals surface area contributed by atoms with Crippen LogP contribution >= 0.6 is 0 Å². The summed E-state index contributed by atoms with van der Waals surface area (Å²) in [6.07, 6.45) is 5.53. The van der Waals surface area contributed by atoms with Crippen molar-refractivity contribution in [1.29, 1.82) is 0 Å². The van der Waals surface area contributed by atoms with E-state index in [1.54, 1.807) is 0 Å². The van der Waals surface area contributed by atoms with E-state index < -0.39 is 0 Å². The third kappa shape index (κ3) is 3.58. The number of hydrogen-bond acceptors (Lipinski definition) is 4. The second-order valence-corrected chi connectivity index (χ2v) is 9.07. The van der Waals surface area contributed by atoms with Gasteiger partial charge in [0.25, 0.3) is 11.8 Å². The Labute approximate surface area is 198 Å². The van der Waals surface area contributed by atoms with E-state index in [0.717, 1.165) is 58.0 Å². The first-order valence-corrected chi connectivity index (χ1v) is 11.6. The molecule has 2 aromatic carbocycles. The van der Waals surface area contributed by atoms with E-state index in [0.29, 0.717) is 11.1 Å². The Bertz CT molecular complexity index is 1460. The molecule has 1 atom stereocenters. The number of anilines is 1. The minimum atomic E-state index is -0.372. The number of benzene rings is 2. The molecule has 1 unspecified atom stereocenters. The average molecular weight is 456 g/mol. The predicted octanol–water partition coefficient (Wildman–Crippen LogP) is 3.88. The Morgan fingerprint density at radius 3 is 2.47 bits per heavy atom.